The first-order valence-corrected chi connectivity index (χ1v) is 7.67. The Balaban J connectivity index is 2.74. The molecule has 1 rings (SSSR count). The van der Waals surface area contributed by atoms with Gasteiger partial charge in [-0.15, -0.1) is 0 Å². The third kappa shape index (κ3) is 3.88. The van der Waals surface area contributed by atoms with Gasteiger partial charge in [-0.2, -0.15) is 8.42 Å². The normalized spacial score (nSPS) is 11.6. The molecular weight excluding hydrogens is 292 g/mol. The van der Waals surface area contributed by atoms with E-state index in [4.69, 9.17) is 4.18 Å². The van der Waals surface area contributed by atoms with Crippen LogP contribution in [0.5, 0.6) is 0 Å². The van der Waals surface area contributed by atoms with Crippen LogP contribution in [-0.4, -0.2) is 20.4 Å². The maximum Gasteiger partial charge on any atom is 0.296 e. The van der Waals surface area contributed by atoms with E-state index in [9.17, 15) is 8.42 Å². The SMILES string of the molecule is CCc1ccc(S(=O)(=O)OCCCBr)cc1. The van der Waals surface area contributed by atoms with Crippen molar-refractivity contribution in [1.29, 1.82) is 0 Å². The van der Waals surface area contributed by atoms with Gasteiger partial charge in [-0.25, -0.2) is 0 Å². The van der Waals surface area contributed by atoms with Gasteiger partial charge in [0.05, 0.1) is 11.5 Å². The van der Waals surface area contributed by atoms with Gasteiger partial charge < -0.3 is 0 Å². The van der Waals surface area contributed by atoms with Crippen molar-refractivity contribution < 1.29 is 12.6 Å². The summed E-state index contributed by atoms with van der Waals surface area (Å²) in [6, 6.07) is 6.78. The molecule has 0 saturated carbocycles. The van der Waals surface area contributed by atoms with E-state index < -0.39 is 10.1 Å². The Kier molecular flexibility index (Phi) is 5.44. The molecule has 0 aliphatic rings. The Labute approximate surface area is 105 Å². The van der Waals surface area contributed by atoms with Gasteiger partial charge in [0, 0.05) is 5.33 Å². The van der Waals surface area contributed by atoms with Crippen molar-refractivity contribution in [3.8, 4) is 0 Å². The van der Waals surface area contributed by atoms with Gasteiger partial charge in [-0.1, -0.05) is 35.0 Å². The minimum absolute atomic E-state index is 0.211. The second-order valence-electron chi connectivity index (χ2n) is 3.32. The third-order valence-electron chi connectivity index (χ3n) is 2.14. The molecular formula is C11H15BrO3S. The molecule has 0 N–H and O–H groups in total. The molecule has 0 heterocycles. The third-order valence-corrected chi connectivity index (χ3v) is 4.02. The highest BCUT2D eigenvalue weighted by Crippen LogP contribution is 2.14. The van der Waals surface area contributed by atoms with Crippen LogP contribution in [-0.2, 0) is 20.7 Å². The molecule has 0 radical (unpaired) electrons. The van der Waals surface area contributed by atoms with Gasteiger partial charge in [0.15, 0.2) is 0 Å². The first kappa shape index (κ1) is 13.7. The predicted octanol–water partition coefficient (Wildman–Crippen LogP) is 2.74. The van der Waals surface area contributed by atoms with Crippen LogP contribution in [0.2, 0.25) is 0 Å². The quantitative estimate of drug-likeness (QED) is 0.461. The minimum Gasteiger partial charge on any atom is -0.266 e. The molecule has 16 heavy (non-hydrogen) atoms. The van der Waals surface area contributed by atoms with Gasteiger partial charge in [0.1, 0.15) is 0 Å². The molecule has 0 amide bonds. The molecule has 1 aromatic carbocycles. The average molecular weight is 307 g/mol. The lowest BCUT2D eigenvalue weighted by atomic mass is 10.2. The predicted molar refractivity (Wildman–Crippen MR) is 67.4 cm³/mol. The summed E-state index contributed by atoms with van der Waals surface area (Å²) in [6.45, 7) is 2.24. The lowest BCUT2D eigenvalue weighted by Gasteiger charge is -2.05. The summed E-state index contributed by atoms with van der Waals surface area (Å²) in [5, 5.41) is 0.733. The highest BCUT2D eigenvalue weighted by atomic mass is 79.9. The second-order valence-corrected chi connectivity index (χ2v) is 5.72. The average Bonchev–Trinajstić information content (AvgIpc) is 2.29. The second kappa shape index (κ2) is 6.37. The first-order chi connectivity index (χ1) is 7.60. The van der Waals surface area contributed by atoms with E-state index in [1.165, 1.54) is 0 Å². The largest absolute Gasteiger partial charge is 0.296 e. The Hall–Kier alpha value is -0.390. The zero-order chi connectivity index (χ0) is 12.0. The van der Waals surface area contributed by atoms with E-state index >= 15 is 0 Å². The number of rotatable bonds is 6. The van der Waals surface area contributed by atoms with Gasteiger partial charge in [-0.3, -0.25) is 4.18 Å². The van der Waals surface area contributed by atoms with Gasteiger partial charge in [0.25, 0.3) is 10.1 Å². The highest BCUT2D eigenvalue weighted by molar-refractivity contribution is 9.09. The molecule has 0 spiro atoms. The number of hydrogen-bond donors (Lipinski definition) is 0. The first-order valence-electron chi connectivity index (χ1n) is 5.14. The number of alkyl halides is 1. The monoisotopic (exact) mass is 306 g/mol. The van der Waals surface area contributed by atoms with E-state index in [0.717, 1.165) is 17.3 Å². The van der Waals surface area contributed by atoms with Crippen LogP contribution in [0.3, 0.4) is 0 Å². The standard InChI is InChI=1S/C11H15BrO3S/c1-2-10-4-6-11(7-5-10)16(13,14)15-9-3-8-12/h4-7H,2-3,8-9H2,1H3. The molecule has 1 aromatic rings. The Morgan fingerprint density at radius 3 is 2.38 bits per heavy atom. The summed E-state index contributed by atoms with van der Waals surface area (Å²) in [6.07, 6.45) is 1.57. The molecule has 0 unspecified atom stereocenters. The molecule has 5 heteroatoms. The summed E-state index contributed by atoms with van der Waals surface area (Å²) in [4.78, 5) is 0.222. The van der Waals surface area contributed by atoms with E-state index in [1.807, 2.05) is 6.92 Å². The van der Waals surface area contributed by atoms with Crippen LogP contribution < -0.4 is 0 Å². The van der Waals surface area contributed by atoms with Gasteiger partial charge in [0.2, 0.25) is 0 Å². The number of hydrogen-bond acceptors (Lipinski definition) is 3. The van der Waals surface area contributed by atoms with Crippen molar-refractivity contribution in [2.75, 3.05) is 11.9 Å². The minimum atomic E-state index is -3.58. The maximum atomic E-state index is 11.7. The van der Waals surface area contributed by atoms with Crippen LogP contribution in [0.4, 0.5) is 0 Å². The molecule has 90 valence electrons. The van der Waals surface area contributed by atoms with E-state index in [-0.39, 0.29) is 11.5 Å². The van der Waals surface area contributed by atoms with Crippen LogP contribution >= 0.6 is 15.9 Å². The van der Waals surface area contributed by atoms with Crippen molar-refractivity contribution in [3.63, 3.8) is 0 Å². The molecule has 0 fully saturated rings. The zero-order valence-electron chi connectivity index (χ0n) is 9.15. The smallest absolute Gasteiger partial charge is 0.266 e. The van der Waals surface area contributed by atoms with Crippen molar-refractivity contribution in [3.05, 3.63) is 29.8 Å². The van der Waals surface area contributed by atoms with E-state index in [0.29, 0.717) is 6.42 Å². The molecule has 0 bridgehead atoms. The van der Waals surface area contributed by atoms with Crippen molar-refractivity contribution in [2.45, 2.75) is 24.7 Å². The topological polar surface area (TPSA) is 43.4 Å². The fraction of sp³-hybridized carbons (Fsp3) is 0.455. The fourth-order valence-electron chi connectivity index (χ4n) is 1.18. The van der Waals surface area contributed by atoms with Crippen molar-refractivity contribution in [2.24, 2.45) is 0 Å². The summed E-state index contributed by atoms with van der Waals surface area (Å²) in [5.41, 5.74) is 1.11. The number of benzene rings is 1. The van der Waals surface area contributed by atoms with Crippen LogP contribution in [0.25, 0.3) is 0 Å². The molecule has 0 saturated heterocycles. The van der Waals surface area contributed by atoms with Crippen LogP contribution in [0.1, 0.15) is 18.9 Å². The Morgan fingerprint density at radius 1 is 1.25 bits per heavy atom. The molecule has 0 aliphatic heterocycles. The van der Waals surface area contributed by atoms with E-state index in [2.05, 4.69) is 15.9 Å². The Morgan fingerprint density at radius 2 is 1.88 bits per heavy atom. The summed E-state index contributed by atoms with van der Waals surface area (Å²) >= 11 is 3.22. The molecule has 0 aliphatic carbocycles. The highest BCUT2D eigenvalue weighted by Gasteiger charge is 2.14. The summed E-state index contributed by atoms with van der Waals surface area (Å²) < 4.78 is 28.2. The zero-order valence-corrected chi connectivity index (χ0v) is 11.6. The molecule has 3 nitrogen and oxygen atoms in total. The number of aryl methyl sites for hydroxylation is 1. The number of halogens is 1. The Bertz CT molecular complexity index is 411. The maximum absolute atomic E-state index is 11.7. The van der Waals surface area contributed by atoms with Gasteiger partial charge >= 0.3 is 0 Å². The van der Waals surface area contributed by atoms with Crippen LogP contribution in [0, 0.1) is 0 Å². The van der Waals surface area contributed by atoms with Crippen molar-refractivity contribution in [1.82, 2.24) is 0 Å². The van der Waals surface area contributed by atoms with Crippen LogP contribution in [0.15, 0.2) is 29.2 Å². The summed E-state index contributed by atoms with van der Waals surface area (Å²) in [5.74, 6) is 0. The molecule has 0 atom stereocenters. The van der Waals surface area contributed by atoms with E-state index in [1.54, 1.807) is 24.3 Å². The fourth-order valence-corrected chi connectivity index (χ4v) is 2.35. The lowest BCUT2D eigenvalue weighted by molar-refractivity contribution is 0.319. The molecule has 0 aromatic heterocycles. The van der Waals surface area contributed by atoms with Gasteiger partial charge in [-0.05, 0) is 30.5 Å². The summed E-state index contributed by atoms with van der Waals surface area (Å²) in [7, 11) is -3.58. The van der Waals surface area contributed by atoms with Crippen molar-refractivity contribution >= 4 is 26.0 Å². The lowest BCUT2D eigenvalue weighted by Crippen LogP contribution is -2.07.